The number of piperazine rings is 1. The summed E-state index contributed by atoms with van der Waals surface area (Å²) < 4.78 is 12.5. The van der Waals surface area contributed by atoms with E-state index in [1.165, 1.54) is 0 Å². The van der Waals surface area contributed by atoms with E-state index in [4.69, 9.17) is 9.47 Å². The molecule has 0 saturated carbocycles. The van der Waals surface area contributed by atoms with Crippen molar-refractivity contribution in [1.29, 1.82) is 0 Å². The van der Waals surface area contributed by atoms with Crippen LogP contribution in [-0.4, -0.2) is 44.1 Å². The summed E-state index contributed by atoms with van der Waals surface area (Å²) in [4.78, 5) is 17.4. The molecule has 5 nitrogen and oxygen atoms in total. The van der Waals surface area contributed by atoms with Crippen LogP contribution in [0.4, 0.5) is 5.69 Å². The summed E-state index contributed by atoms with van der Waals surface area (Å²) in [6.45, 7) is 3.22. The number of ether oxygens (including phenoxy) is 2. The Labute approximate surface area is 191 Å². The highest BCUT2D eigenvalue weighted by molar-refractivity contribution is 9.10. The zero-order valence-electron chi connectivity index (χ0n) is 17.5. The number of amides is 1. The maximum Gasteiger partial charge on any atom is 0.257 e. The predicted octanol–water partition coefficient (Wildman–Crippen LogP) is 5.00. The molecule has 0 unspecified atom stereocenters. The van der Waals surface area contributed by atoms with Gasteiger partial charge in [-0.1, -0.05) is 52.3 Å². The summed E-state index contributed by atoms with van der Waals surface area (Å²) in [7, 11) is 1.68. The van der Waals surface area contributed by atoms with Crippen LogP contribution < -0.4 is 14.4 Å². The molecule has 0 aliphatic carbocycles. The van der Waals surface area contributed by atoms with Crippen molar-refractivity contribution in [2.45, 2.75) is 6.61 Å². The van der Waals surface area contributed by atoms with Gasteiger partial charge in [-0.3, -0.25) is 4.79 Å². The zero-order chi connectivity index (χ0) is 21.6. The van der Waals surface area contributed by atoms with Gasteiger partial charge in [0.05, 0.1) is 18.4 Å². The number of carbonyl (C=O) groups excluding carboxylic acids is 1. The van der Waals surface area contributed by atoms with Crippen LogP contribution in [0.2, 0.25) is 0 Å². The SMILES string of the molecule is COc1ccccc1N1CCN(C(=O)c2ccccc2OCc2cccc(Br)c2)CC1. The molecule has 1 heterocycles. The van der Waals surface area contributed by atoms with Gasteiger partial charge in [-0.25, -0.2) is 0 Å². The van der Waals surface area contributed by atoms with E-state index in [0.29, 0.717) is 31.0 Å². The number of hydrogen-bond acceptors (Lipinski definition) is 4. The number of nitrogens with zero attached hydrogens (tertiary/aromatic N) is 2. The second kappa shape index (κ2) is 9.88. The monoisotopic (exact) mass is 480 g/mol. The first-order chi connectivity index (χ1) is 15.2. The highest BCUT2D eigenvalue weighted by Crippen LogP contribution is 2.29. The highest BCUT2D eigenvalue weighted by atomic mass is 79.9. The minimum absolute atomic E-state index is 0.00418. The van der Waals surface area contributed by atoms with Gasteiger partial charge in [0.15, 0.2) is 0 Å². The molecule has 4 rings (SSSR count). The maximum absolute atomic E-state index is 13.2. The minimum Gasteiger partial charge on any atom is -0.495 e. The van der Waals surface area contributed by atoms with Gasteiger partial charge in [0.25, 0.3) is 5.91 Å². The summed E-state index contributed by atoms with van der Waals surface area (Å²) in [5, 5.41) is 0. The van der Waals surface area contributed by atoms with Gasteiger partial charge in [0.2, 0.25) is 0 Å². The van der Waals surface area contributed by atoms with E-state index in [0.717, 1.165) is 34.6 Å². The summed E-state index contributed by atoms with van der Waals surface area (Å²) in [6, 6.07) is 23.4. The number of anilines is 1. The maximum atomic E-state index is 13.2. The van der Waals surface area contributed by atoms with E-state index in [9.17, 15) is 4.79 Å². The number of benzene rings is 3. The first-order valence-corrected chi connectivity index (χ1v) is 11.1. The predicted molar refractivity (Wildman–Crippen MR) is 126 cm³/mol. The van der Waals surface area contributed by atoms with Gasteiger partial charge in [0, 0.05) is 30.7 Å². The van der Waals surface area contributed by atoms with Crippen LogP contribution in [0.5, 0.6) is 11.5 Å². The Morgan fingerprint density at radius 2 is 1.61 bits per heavy atom. The Hall–Kier alpha value is -2.99. The van der Waals surface area contributed by atoms with Crippen LogP contribution in [0.1, 0.15) is 15.9 Å². The molecule has 1 fully saturated rings. The molecule has 1 amide bonds. The molecular formula is C25H25BrN2O3. The molecule has 0 N–H and O–H groups in total. The van der Waals surface area contributed by atoms with Gasteiger partial charge in [0.1, 0.15) is 18.1 Å². The third kappa shape index (κ3) is 5.02. The van der Waals surface area contributed by atoms with Crippen molar-refractivity contribution in [2.24, 2.45) is 0 Å². The number of para-hydroxylation sites is 3. The third-order valence-corrected chi connectivity index (χ3v) is 5.89. The molecule has 0 atom stereocenters. The Morgan fingerprint density at radius 1 is 0.903 bits per heavy atom. The average molecular weight is 481 g/mol. The van der Waals surface area contributed by atoms with Crippen molar-refractivity contribution < 1.29 is 14.3 Å². The van der Waals surface area contributed by atoms with Crippen LogP contribution in [-0.2, 0) is 6.61 Å². The van der Waals surface area contributed by atoms with E-state index < -0.39 is 0 Å². The molecule has 1 saturated heterocycles. The van der Waals surface area contributed by atoms with E-state index in [-0.39, 0.29) is 5.91 Å². The fraction of sp³-hybridized carbons (Fsp3) is 0.240. The third-order valence-electron chi connectivity index (χ3n) is 5.39. The van der Waals surface area contributed by atoms with Crippen molar-refractivity contribution in [3.05, 3.63) is 88.4 Å². The van der Waals surface area contributed by atoms with Gasteiger partial charge >= 0.3 is 0 Å². The molecule has 1 aliphatic rings. The lowest BCUT2D eigenvalue weighted by molar-refractivity contribution is 0.0741. The van der Waals surface area contributed by atoms with E-state index >= 15 is 0 Å². The Balaban J connectivity index is 1.42. The minimum atomic E-state index is 0.00418. The standard InChI is InChI=1S/C25H25BrN2O3/c1-30-24-12-5-3-10-22(24)27-13-15-28(16-14-27)25(29)21-9-2-4-11-23(21)31-18-19-7-6-8-20(26)17-19/h2-12,17H,13-16,18H2,1H3. The molecule has 0 radical (unpaired) electrons. The van der Waals surface area contributed by atoms with Crippen LogP contribution in [0, 0.1) is 0 Å². The van der Waals surface area contributed by atoms with Gasteiger partial charge in [-0.15, -0.1) is 0 Å². The molecule has 3 aromatic carbocycles. The molecule has 6 heteroatoms. The number of halogens is 1. The van der Waals surface area contributed by atoms with Crippen molar-refractivity contribution in [3.63, 3.8) is 0 Å². The molecular weight excluding hydrogens is 456 g/mol. The van der Waals surface area contributed by atoms with E-state index in [2.05, 4.69) is 26.9 Å². The summed E-state index contributed by atoms with van der Waals surface area (Å²) in [5.41, 5.74) is 2.71. The number of methoxy groups -OCH3 is 1. The van der Waals surface area contributed by atoms with Gasteiger partial charge in [-0.05, 0) is 42.0 Å². The number of carbonyl (C=O) groups is 1. The zero-order valence-corrected chi connectivity index (χ0v) is 19.0. The molecule has 31 heavy (non-hydrogen) atoms. The molecule has 0 bridgehead atoms. The highest BCUT2D eigenvalue weighted by Gasteiger charge is 2.25. The average Bonchev–Trinajstić information content (AvgIpc) is 2.82. The lowest BCUT2D eigenvalue weighted by atomic mass is 10.1. The van der Waals surface area contributed by atoms with Crippen molar-refractivity contribution in [3.8, 4) is 11.5 Å². The van der Waals surface area contributed by atoms with Crippen LogP contribution >= 0.6 is 15.9 Å². The van der Waals surface area contributed by atoms with Crippen LogP contribution in [0.25, 0.3) is 0 Å². The molecule has 0 spiro atoms. The molecule has 0 aromatic heterocycles. The quantitative estimate of drug-likeness (QED) is 0.497. The summed E-state index contributed by atoms with van der Waals surface area (Å²) >= 11 is 3.48. The van der Waals surface area contributed by atoms with Crippen LogP contribution in [0.15, 0.2) is 77.3 Å². The second-order valence-corrected chi connectivity index (χ2v) is 8.28. The smallest absolute Gasteiger partial charge is 0.257 e. The lowest BCUT2D eigenvalue weighted by Crippen LogP contribution is -2.49. The van der Waals surface area contributed by atoms with E-state index in [1.807, 2.05) is 71.6 Å². The van der Waals surface area contributed by atoms with Crippen molar-refractivity contribution >= 4 is 27.5 Å². The lowest BCUT2D eigenvalue weighted by Gasteiger charge is -2.36. The first-order valence-electron chi connectivity index (χ1n) is 10.3. The van der Waals surface area contributed by atoms with Crippen molar-refractivity contribution in [1.82, 2.24) is 4.90 Å². The first kappa shape index (κ1) is 21.2. The largest absolute Gasteiger partial charge is 0.495 e. The Bertz CT molecular complexity index is 1050. The molecule has 160 valence electrons. The normalized spacial score (nSPS) is 13.7. The topological polar surface area (TPSA) is 42.0 Å². The van der Waals surface area contributed by atoms with E-state index in [1.54, 1.807) is 7.11 Å². The van der Waals surface area contributed by atoms with Crippen LogP contribution in [0.3, 0.4) is 0 Å². The fourth-order valence-corrected chi connectivity index (χ4v) is 4.22. The molecule has 3 aromatic rings. The Kier molecular flexibility index (Phi) is 6.77. The van der Waals surface area contributed by atoms with Crippen molar-refractivity contribution in [2.75, 3.05) is 38.2 Å². The second-order valence-electron chi connectivity index (χ2n) is 7.37. The summed E-state index contributed by atoms with van der Waals surface area (Å²) in [6.07, 6.45) is 0. The summed E-state index contributed by atoms with van der Waals surface area (Å²) in [5.74, 6) is 1.47. The van der Waals surface area contributed by atoms with Gasteiger partial charge in [-0.2, -0.15) is 0 Å². The Morgan fingerprint density at radius 3 is 2.35 bits per heavy atom. The fourth-order valence-electron chi connectivity index (χ4n) is 3.77. The number of hydrogen-bond donors (Lipinski definition) is 0. The number of rotatable bonds is 6. The van der Waals surface area contributed by atoms with Gasteiger partial charge < -0.3 is 19.3 Å². The molecule has 1 aliphatic heterocycles.